The van der Waals surface area contributed by atoms with Gasteiger partial charge in [0, 0.05) is 31.4 Å². The minimum Gasteiger partial charge on any atom is -0.379 e. The Kier molecular flexibility index (Phi) is 5.52. The van der Waals surface area contributed by atoms with Gasteiger partial charge in [0.25, 0.3) is 10.0 Å². The van der Waals surface area contributed by atoms with E-state index in [4.69, 9.17) is 11.6 Å². The second kappa shape index (κ2) is 8.18. The van der Waals surface area contributed by atoms with Crippen LogP contribution in [0.4, 0.5) is 15.9 Å². The van der Waals surface area contributed by atoms with E-state index in [2.05, 4.69) is 24.9 Å². The van der Waals surface area contributed by atoms with Crippen LogP contribution in [0.25, 0.3) is 0 Å². The maximum absolute atomic E-state index is 14.9. The summed E-state index contributed by atoms with van der Waals surface area (Å²) in [5, 5.41) is 3.60. The zero-order valence-corrected chi connectivity index (χ0v) is 18.5. The zero-order chi connectivity index (χ0) is 21.6. The van der Waals surface area contributed by atoms with Crippen molar-refractivity contribution in [1.29, 1.82) is 0 Å². The number of halogens is 2. The lowest BCUT2D eigenvalue weighted by Crippen LogP contribution is -2.48. The number of hydrogen-bond donors (Lipinski definition) is 2. The molecule has 0 spiro atoms. The van der Waals surface area contributed by atoms with Gasteiger partial charge in [-0.05, 0) is 49.3 Å². The molecule has 2 aliphatic carbocycles. The van der Waals surface area contributed by atoms with Crippen molar-refractivity contribution in [2.45, 2.75) is 49.1 Å². The van der Waals surface area contributed by atoms with Crippen molar-refractivity contribution in [3.8, 4) is 0 Å². The number of rotatable bonds is 6. The summed E-state index contributed by atoms with van der Waals surface area (Å²) < 4.78 is 42.4. The van der Waals surface area contributed by atoms with Gasteiger partial charge in [0.2, 0.25) is 0 Å². The fourth-order valence-electron chi connectivity index (χ4n) is 5.01. The second-order valence-electron chi connectivity index (χ2n) is 8.77. The number of fused-ring (bicyclic) bond motifs is 1. The third-order valence-electron chi connectivity index (χ3n) is 6.68. The van der Waals surface area contributed by atoms with Gasteiger partial charge in [-0.1, -0.05) is 24.4 Å². The quantitative estimate of drug-likeness (QED) is 0.675. The summed E-state index contributed by atoms with van der Waals surface area (Å²) in [6, 6.07) is 4.31. The van der Waals surface area contributed by atoms with Crippen LogP contribution in [0.3, 0.4) is 0 Å². The van der Waals surface area contributed by atoms with Crippen molar-refractivity contribution in [3.63, 3.8) is 0 Å². The first-order valence-corrected chi connectivity index (χ1v) is 12.6. The highest BCUT2D eigenvalue weighted by Gasteiger charge is 2.48. The van der Waals surface area contributed by atoms with Crippen LogP contribution in [0, 0.1) is 17.7 Å². The topological polar surface area (TPSA) is 87.2 Å². The average molecular weight is 466 g/mol. The van der Waals surface area contributed by atoms with Crippen LogP contribution in [0.15, 0.2) is 35.6 Å². The monoisotopic (exact) mass is 465 g/mol. The third-order valence-corrected chi connectivity index (χ3v) is 8.36. The molecule has 2 saturated carbocycles. The molecule has 1 aliphatic heterocycles. The number of hydrogen-bond acceptors (Lipinski definition) is 6. The van der Waals surface area contributed by atoms with E-state index in [9.17, 15) is 12.8 Å². The van der Waals surface area contributed by atoms with E-state index in [1.165, 1.54) is 37.5 Å². The van der Waals surface area contributed by atoms with Crippen molar-refractivity contribution in [3.05, 3.63) is 41.6 Å². The molecular weight excluding hydrogens is 441 g/mol. The average Bonchev–Trinajstić information content (AvgIpc) is 3.36. The number of benzene rings is 1. The fourth-order valence-corrected chi connectivity index (χ4v) is 6.39. The summed E-state index contributed by atoms with van der Waals surface area (Å²) in [6.07, 6.45) is 8.38. The number of piperidine rings is 1. The van der Waals surface area contributed by atoms with Gasteiger partial charge < -0.3 is 5.32 Å². The molecule has 1 saturated heterocycles. The standard InChI is InChI=1S/C21H25ClFN5O2S/c22-15-8-20(31(29,30)27-21-5-6-24-12-25-21)16(23)9-18(15)26-17-3-1-2-4-19(17)28-10-13-7-14(13)11-28/h5-6,8-9,12-14,17,19,26H,1-4,7,10-11H2,(H,24,25,27)/t13?,14?,17-,19-/m1/s1. The van der Waals surface area contributed by atoms with Gasteiger partial charge in [-0.2, -0.15) is 0 Å². The van der Waals surface area contributed by atoms with Gasteiger partial charge in [0.05, 0.1) is 10.7 Å². The maximum atomic E-state index is 14.9. The Labute approximate surface area is 186 Å². The van der Waals surface area contributed by atoms with E-state index in [1.807, 2.05) is 0 Å². The lowest BCUT2D eigenvalue weighted by atomic mass is 9.89. The van der Waals surface area contributed by atoms with E-state index in [0.717, 1.165) is 50.3 Å². The minimum atomic E-state index is -4.18. The van der Waals surface area contributed by atoms with Crippen LogP contribution in [-0.2, 0) is 10.0 Å². The Balaban J connectivity index is 1.35. The molecule has 0 amide bonds. The molecular formula is C21H25ClFN5O2S. The summed E-state index contributed by atoms with van der Waals surface area (Å²) in [5.41, 5.74) is 0.432. The van der Waals surface area contributed by atoms with E-state index >= 15 is 0 Å². The second-order valence-corrected chi connectivity index (χ2v) is 10.8. The van der Waals surface area contributed by atoms with Crippen molar-refractivity contribution >= 4 is 33.1 Å². The number of aromatic nitrogens is 2. The summed E-state index contributed by atoms with van der Waals surface area (Å²) in [4.78, 5) is 9.61. The third kappa shape index (κ3) is 4.36. The van der Waals surface area contributed by atoms with Gasteiger partial charge in [0.1, 0.15) is 22.9 Å². The number of anilines is 2. The molecule has 0 bridgehead atoms. The van der Waals surface area contributed by atoms with E-state index in [-0.39, 0.29) is 16.9 Å². The van der Waals surface area contributed by atoms with E-state index < -0.39 is 20.7 Å². The van der Waals surface area contributed by atoms with Crippen LogP contribution < -0.4 is 10.0 Å². The molecule has 2 N–H and O–H groups in total. The smallest absolute Gasteiger partial charge is 0.266 e. The SMILES string of the molecule is O=S(=O)(Nc1ccncn1)c1cc(Cl)c(N[C@@H]2CCCC[C@H]2N2CC3CC3C2)cc1F. The molecule has 3 aliphatic rings. The molecule has 166 valence electrons. The van der Waals surface area contributed by atoms with Gasteiger partial charge in [-0.3, -0.25) is 9.62 Å². The summed E-state index contributed by atoms with van der Waals surface area (Å²) in [7, 11) is -4.18. The van der Waals surface area contributed by atoms with Gasteiger partial charge in [-0.25, -0.2) is 22.8 Å². The van der Waals surface area contributed by atoms with E-state index in [1.54, 1.807) is 0 Å². The number of nitrogens with one attached hydrogen (secondary N) is 2. The maximum Gasteiger partial charge on any atom is 0.266 e. The van der Waals surface area contributed by atoms with Crippen molar-refractivity contribution in [2.75, 3.05) is 23.1 Å². The van der Waals surface area contributed by atoms with Gasteiger partial charge in [-0.15, -0.1) is 0 Å². The normalized spacial score (nSPS) is 28.2. The Bertz CT molecular complexity index is 1060. The first kappa shape index (κ1) is 20.9. The first-order valence-electron chi connectivity index (χ1n) is 10.7. The molecule has 4 atom stereocenters. The van der Waals surface area contributed by atoms with Crippen molar-refractivity contribution in [1.82, 2.24) is 14.9 Å². The van der Waals surface area contributed by atoms with Crippen LogP contribution in [0.5, 0.6) is 0 Å². The lowest BCUT2D eigenvalue weighted by molar-refractivity contribution is 0.161. The summed E-state index contributed by atoms with van der Waals surface area (Å²) in [5.74, 6) is 0.913. The Morgan fingerprint density at radius 1 is 1.16 bits per heavy atom. The zero-order valence-electron chi connectivity index (χ0n) is 17.0. The predicted octanol–water partition coefficient (Wildman–Crippen LogP) is 3.74. The lowest BCUT2D eigenvalue weighted by Gasteiger charge is -2.39. The minimum absolute atomic E-state index is 0.0569. The molecule has 2 unspecified atom stereocenters. The summed E-state index contributed by atoms with van der Waals surface area (Å²) >= 11 is 6.41. The highest BCUT2D eigenvalue weighted by molar-refractivity contribution is 7.92. The van der Waals surface area contributed by atoms with Crippen molar-refractivity contribution < 1.29 is 12.8 Å². The molecule has 0 radical (unpaired) electrons. The van der Waals surface area contributed by atoms with Gasteiger partial charge in [0.15, 0.2) is 0 Å². The highest BCUT2D eigenvalue weighted by Crippen LogP contribution is 2.47. The molecule has 3 fully saturated rings. The van der Waals surface area contributed by atoms with Crippen LogP contribution in [0.2, 0.25) is 5.02 Å². The van der Waals surface area contributed by atoms with Crippen molar-refractivity contribution in [2.24, 2.45) is 11.8 Å². The molecule has 10 heteroatoms. The molecule has 2 heterocycles. The number of sulfonamides is 1. The molecule has 2 aromatic rings. The predicted molar refractivity (Wildman–Crippen MR) is 117 cm³/mol. The fraction of sp³-hybridized carbons (Fsp3) is 0.524. The highest BCUT2D eigenvalue weighted by atomic mass is 35.5. The Morgan fingerprint density at radius 3 is 2.68 bits per heavy atom. The van der Waals surface area contributed by atoms with E-state index in [0.29, 0.717) is 11.7 Å². The largest absolute Gasteiger partial charge is 0.379 e. The molecule has 1 aromatic carbocycles. The number of likely N-dealkylation sites (tertiary alicyclic amines) is 1. The van der Waals surface area contributed by atoms with Crippen LogP contribution >= 0.6 is 11.6 Å². The molecule has 31 heavy (non-hydrogen) atoms. The molecule has 1 aromatic heterocycles. The molecule has 5 rings (SSSR count). The Hall–Kier alpha value is -1.97. The van der Waals surface area contributed by atoms with Gasteiger partial charge >= 0.3 is 0 Å². The molecule has 7 nitrogen and oxygen atoms in total. The first-order chi connectivity index (χ1) is 14.9. The Morgan fingerprint density at radius 2 is 1.94 bits per heavy atom. The van der Waals surface area contributed by atoms with Crippen LogP contribution in [-0.4, -0.2) is 48.5 Å². The summed E-state index contributed by atoms with van der Waals surface area (Å²) in [6.45, 7) is 2.31. The number of nitrogens with zero attached hydrogens (tertiary/aromatic N) is 3. The van der Waals surface area contributed by atoms with Crippen LogP contribution in [0.1, 0.15) is 32.1 Å².